The van der Waals surface area contributed by atoms with Crippen LogP contribution in [0.3, 0.4) is 0 Å². The number of carbonyl (C=O) groups excluding carboxylic acids is 5. The number of nitrogens with one attached hydrogen (secondary N) is 4. The zero-order valence-corrected chi connectivity index (χ0v) is 37.6. The molecule has 0 radical (unpaired) electrons. The van der Waals surface area contributed by atoms with Gasteiger partial charge in [0.15, 0.2) is 0 Å². The summed E-state index contributed by atoms with van der Waals surface area (Å²) in [5.41, 5.74) is 16.6. The van der Waals surface area contributed by atoms with E-state index in [9.17, 15) is 24.0 Å². The number of aromatic nitrogens is 8. The molecule has 1 aliphatic heterocycles. The number of anilines is 3. The predicted octanol–water partition coefficient (Wildman–Crippen LogP) is 2.24. The number of hydrogen-bond acceptors (Lipinski definition) is 13. The van der Waals surface area contributed by atoms with Crippen LogP contribution in [0.5, 0.6) is 5.75 Å². The molecule has 1 aliphatic rings. The highest BCUT2D eigenvalue weighted by molar-refractivity contribution is 6.06. The first-order chi connectivity index (χ1) is 31.7. The number of nitrogens with two attached hydrogens (primary N) is 2. The fourth-order valence-corrected chi connectivity index (χ4v) is 7.99. The Morgan fingerprint density at radius 2 is 1.44 bits per heavy atom. The van der Waals surface area contributed by atoms with E-state index < -0.39 is 29.7 Å². The molecule has 0 unspecified atom stereocenters. The molecule has 7 rings (SSSR count). The molecule has 4 aromatic heterocycles. The Hall–Kier alpha value is -7.59. The van der Waals surface area contributed by atoms with Crippen molar-refractivity contribution in [3.63, 3.8) is 0 Å². The lowest BCUT2D eigenvalue weighted by Crippen LogP contribution is -2.35. The maximum atomic E-state index is 13.9. The second kappa shape index (κ2) is 20.1. The number of benzene rings is 2. The first-order valence-electron chi connectivity index (χ1n) is 21.7. The second-order valence-electron chi connectivity index (χ2n) is 15.8. The van der Waals surface area contributed by atoms with Crippen LogP contribution < -0.4 is 42.4 Å². The third-order valence-corrected chi connectivity index (χ3v) is 11.1. The highest BCUT2D eigenvalue weighted by Crippen LogP contribution is 2.38. The van der Waals surface area contributed by atoms with E-state index in [1.165, 1.54) is 12.1 Å². The Kier molecular flexibility index (Phi) is 14.1. The van der Waals surface area contributed by atoms with Gasteiger partial charge >= 0.3 is 0 Å². The third kappa shape index (κ3) is 9.88. The predicted molar refractivity (Wildman–Crippen MR) is 247 cm³/mol. The summed E-state index contributed by atoms with van der Waals surface area (Å²) in [7, 11) is 1.91. The number of hydrogen-bond donors (Lipinski definition) is 7. The molecule has 9 N–H and O–H groups in total. The number of ether oxygens (including phenoxy) is 1. The first-order valence-corrected chi connectivity index (χ1v) is 21.7. The number of nitrogens with zero attached hydrogens (tertiary/aromatic N) is 9. The minimum atomic E-state index is -0.711. The number of carbonyl (C=O) groups is 5. The van der Waals surface area contributed by atoms with Crippen molar-refractivity contribution < 1.29 is 33.8 Å². The van der Waals surface area contributed by atoms with Gasteiger partial charge in [-0.25, -0.2) is 9.97 Å². The van der Waals surface area contributed by atoms with Gasteiger partial charge in [0.05, 0.1) is 59.4 Å². The number of aryl methyl sites for hydroxylation is 4. The molecule has 22 heteroatoms. The lowest BCUT2D eigenvalue weighted by molar-refractivity contribution is -0.120. The van der Waals surface area contributed by atoms with Crippen LogP contribution in [0.4, 0.5) is 17.6 Å². The topological polar surface area (TPSA) is 289 Å². The second-order valence-corrected chi connectivity index (χ2v) is 15.8. The van der Waals surface area contributed by atoms with Crippen molar-refractivity contribution in [2.45, 2.75) is 66.2 Å². The SMILES string of the molecule is CCn1nc(C)cc1C(=O)Nc1nc2cc(C(N)=O)cc(OCCCNC(=O)CNCCO)c2n1C/C=C/[C@H]1CCN(C)c2cc(C(N)=O)cc3nc(NC(=O)c4cc(C)nn4CC)n1c23. The summed E-state index contributed by atoms with van der Waals surface area (Å²) in [6.45, 7) is 9.68. The summed E-state index contributed by atoms with van der Waals surface area (Å²) in [5, 5.41) is 29.4. The van der Waals surface area contributed by atoms with E-state index in [2.05, 4.69) is 31.5 Å². The van der Waals surface area contributed by atoms with E-state index in [-0.39, 0.29) is 61.0 Å². The molecule has 5 amide bonds. The lowest BCUT2D eigenvalue weighted by Gasteiger charge is -2.18. The Labute approximate surface area is 379 Å². The monoisotopic (exact) mass is 905 g/mol. The molecule has 0 fully saturated rings. The molecule has 0 aliphatic carbocycles. The quantitative estimate of drug-likeness (QED) is 0.0428. The van der Waals surface area contributed by atoms with E-state index in [1.54, 1.807) is 45.1 Å². The molecule has 0 spiro atoms. The number of aliphatic hydroxyl groups excluding tert-OH is 1. The lowest BCUT2D eigenvalue weighted by atomic mass is 10.1. The van der Waals surface area contributed by atoms with Crippen molar-refractivity contribution in [3.05, 3.63) is 82.5 Å². The minimum Gasteiger partial charge on any atom is -0.491 e. The number of primary amides is 2. The fourth-order valence-electron chi connectivity index (χ4n) is 7.99. The van der Waals surface area contributed by atoms with Crippen molar-refractivity contribution in [1.82, 2.24) is 49.3 Å². The van der Waals surface area contributed by atoms with E-state index in [4.69, 9.17) is 31.3 Å². The number of aliphatic hydroxyl groups is 1. The third-order valence-electron chi connectivity index (χ3n) is 11.1. The molecule has 0 bridgehead atoms. The van der Waals surface area contributed by atoms with Crippen LogP contribution in [0.2, 0.25) is 0 Å². The minimum absolute atomic E-state index is 0.0512. The van der Waals surface area contributed by atoms with Crippen molar-refractivity contribution >= 4 is 69.2 Å². The molecule has 2 aromatic carbocycles. The zero-order chi connectivity index (χ0) is 47.2. The number of rotatable bonds is 20. The summed E-state index contributed by atoms with van der Waals surface area (Å²) in [5.74, 6) is -1.76. The molecule has 0 saturated heterocycles. The van der Waals surface area contributed by atoms with Crippen LogP contribution in [-0.2, 0) is 24.4 Å². The molecule has 6 aromatic rings. The molecule has 22 nitrogen and oxygen atoms in total. The number of amides is 5. The van der Waals surface area contributed by atoms with Gasteiger partial charge in [-0.2, -0.15) is 10.2 Å². The molecule has 1 atom stereocenters. The van der Waals surface area contributed by atoms with Gasteiger partial charge in [-0.3, -0.25) is 44.0 Å². The smallest absolute Gasteiger partial charge is 0.276 e. The molecule has 5 heterocycles. The number of allylic oxidation sites excluding steroid dienone is 2. The molecular weight excluding hydrogens is 851 g/mol. The van der Waals surface area contributed by atoms with E-state index in [0.717, 1.165) is 0 Å². The summed E-state index contributed by atoms with van der Waals surface area (Å²) < 4.78 is 13.2. The van der Waals surface area contributed by atoms with Crippen LogP contribution in [0.1, 0.15) is 85.8 Å². The van der Waals surface area contributed by atoms with Gasteiger partial charge in [0, 0.05) is 57.4 Å². The van der Waals surface area contributed by atoms with Gasteiger partial charge in [0.25, 0.3) is 11.8 Å². The molecule has 66 heavy (non-hydrogen) atoms. The van der Waals surface area contributed by atoms with Crippen molar-refractivity contribution in [2.24, 2.45) is 11.5 Å². The Morgan fingerprint density at radius 3 is 2.06 bits per heavy atom. The maximum absolute atomic E-state index is 13.9. The van der Waals surface area contributed by atoms with Crippen molar-refractivity contribution in [3.8, 4) is 5.75 Å². The van der Waals surface area contributed by atoms with E-state index >= 15 is 0 Å². The van der Waals surface area contributed by atoms with Crippen LogP contribution in [-0.4, -0.2) is 120 Å². The summed E-state index contributed by atoms with van der Waals surface area (Å²) in [6.07, 6.45) is 4.84. The van der Waals surface area contributed by atoms with Gasteiger partial charge < -0.3 is 46.0 Å². The fraction of sp³-hybridized carbons (Fsp3) is 0.386. The largest absolute Gasteiger partial charge is 0.491 e. The van der Waals surface area contributed by atoms with Gasteiger partial charge in [0.2, 0.25) is 29.6 Å². The number of imidazole rings is 2. The highest BCUT2D eigenvalue weighted by atomic mass is 16.5. The normalized spacial score (nSPS) is 13.7. The van der Waals surface area contributed by atoms with Gasteiger partial charge in [-0.15, -0.1) is 0 Å². The maximum Gasteiger partial charge on any atom is 0.276 e. The number of fused-ring (bicyclic) bond motifs is 1. The molecule has 348 valence electrons. The van der Waals surface area contributed by atoms with E-state index in [0.29, 0.717) is 96.1 Å². The Bertz CT molecular complexity index is 2850. The van der Waals surface area contributed by atoms with E-state index in [1.807, 2.05) is 49.4 Å². The summed E-state index contributed by atoms with van der Waals surface area (Å²) >= 11 is 0. The Morgan fingerprint density at radius 1 is 0.833 bits per heavy atom. The van der Waals surface area contributed by atoms with Gasteiger partial charge in [-0.05, 0) is 76.9 Å². The standard InChI is InChI=1S/C44H55N15O7/c1-6-57-33(18-25(3)53-57)41(64)51-43-49-31-21-28(40(46)63)23-35(66-17-9-12-48-36(61)24-47-13-16-60)38(31)56(43)14-8-10-29-11-15-55(5)32-22-27(39(45)62)20-30-37(32)59(29)44(50-30)52-42(65)34-19-26(4)54-58(34)7-2/h8,10,18-23,29,47,60H,6-7,9,11-17,24H2,1-5H3,(H2,45,62)(H2,46,63)(H,48,61)(H,49,51,64)(H,50,52,65)/b10-8+/t29-/m0/s1. The average molecular weight is 906 g/mol. The van der Waals surface area contributed by atoms with Crippen LogP contribution in [0, 0.1) is 13.8 Å². The molecule has 0 saturated carbocycles. The zero-order valence-electron chi connectivity index (χ0n) is 37.6. The van der Waals surface area contributed by atoms with Crippen LogP contribution in [0.25, 0.3) is 22.1 Å². The summed E-state index contributed by atoms with van der Waals surface area (Å²) in [4.78, 5) is 76.7. The van der Waals surface area contributed by atoms with Crippen LogP contribution >= 0.6 is 0 Å². The van der Waals surface area contributed by atoms with Gasteiger partial charge in [0.1, 0.15) is 22.7 Å². The molecular formula is C44H55N15O7. The summed E-state index contributed by atoms with van der Waals surface area (Å²) in [6, 6.07) is 9.37. The van der Waals surface area contributed by atoms with Crippen molar-refractivity contribution in [2.75, 3.05) is 62.0 Å². The van der Waals surface area contributed by atoms with Gasteiger partial charge in [-0.1, -0.05) is 12.2 Å². The highest BCUT2D eigenvalue weighted by Gasteiger charge is 2.29. The average Bonchev–Trinajstić information content (AvgIpc) is 4.04. The van der Waals surface area contributed by atoms with Crippen molar-refractivity contribution in [1.29, 1.82) is 0 Å². The first kappa shape index (κ1) is 46.4. The Balaban J connectivity index is 1.27. The van der Waals surface area contributed by atoms with Crippen LogP contribution in [0.15, 0.2) is 48.6 Å².